The molecule has 0 saturated heterocycles. The van der Waals surface area contributed by atoms with Crippen LogP contribution in [0.4, 0.5) is 5.69 Å². The summed E-state index contributed by atoms with van der Waals surface area (Å²) in [5.41, 5.74) is -0.254. The van der Waals surface area contributed by atoms with Crippen molar-refractivity contribution in [2.45, 2.75) is 26.3 Å². The van der Waals surface area contributed by atoms with Gasteiger partial charge in [-0.2, -0.15) is 4.31 Å². The summed E-state index contributed by atoms with van der Waals surface area (Å²) in [5, 5.41) is 2.66. The van der Waals surface area contributed by atoms with Gasteiger partial charge in [-0.25, -0.2) is 8.42 Å². The largest absolute Gasteiger partial charge is 0.497 e. The zero-order valence-electron chi connectivity index (χ0n) is 14.3. The van der Waals surface area contributed by atoms with Gasteiger partial charge in [-0.05, 0) is 32.9 Å². The first-order chi connectivity index (χ1) is 10.5. The number of anilines is 1. The summed E-state index contributed by atoms with van der Waals surface area (Å²) in [6, 6.07) is 4.95. The van der Waals surface area contributed by atoms with Crippen LogP contribution in [0.15, 0.2) is 18.2 Å². The van der Waals surface area contributed by atoms with E-state index in [2.05, 4.69) is 5.32 Å². The van der Waals surface area contributed by atoms with E-state index in [1.54, 1.807) is 39.0 Å². The second-order valence-electron chi connectivity index (χ2n) is 6.05. The predicted molar refractivity (Wildman–Crippen MR) is 89.5 cm³/mol. The number of benzene rings is 1. The number of sulfonamides is 1. The van der Waals surface area contributed by atoms with Crippen LogP contribution in [0, 0.1) is 0 Å². The summed E-state index contributed by atoms with van der Waals surface area (Å²) >= 11 is 0. The fourth-order valence-electron chi connectivity index (χ4n) is 2.07. The van der Waals surface area contributed by atoms with Crippen molar-refractivity contribution < 1.29 is 22.7 Å². The Morgan fingerprint density at radius 2 is 1.83 bits per heavy atom. The normalized spacial score (nSPS) is 12.1. The molecule has 7 nitrogen and oxygen atoms in total. The molecule has 1 N–H and O–H groups in total. The van der Waals surface area contributed by atoms with Crippen LogP contribution < -0.4 is 14.8 Å². The van der Waals surface area contributed by atoms with Crippen LogP contribution in [-0.4, -0.2) is 51.2 Å². The molecule has 8 heteroatoms. The first kappa shape index (κ1) is 19.2. The van der Waals surface area contributed by atoms with Gasteiger partial charge in [-0.3, -0.25) is 4.79 Å². The molecule has 1 aromatic rings. The van der Waals surface area contributed by atoms with Crippen molar-refractivity contribution in [3.63, 3.8) is 0 Å². The number of methoxy groups -OCH3 is 2. The number of carbonyl (C=O) groups excluding carboxylic acids is 1. The third-order valence-electron chi connectivity index (χ3n) is 3.12. The molecular formula is C15H24N2O5S. The molecule has 1 rings (SSSR count). The maximum atomic E-state index is 12.2. The number of nitrogens with zero attached hydrogens (tertiary/aromatic N) is 1. The van der Waals surface area contributed by atoms with Crippen molar-refractivity contribution in [2.24, 2.45) is 0 Å². The van der Waals surface area contributed by atoms with Crippen LogP contribution in [0.3, 0.4) is 0 Å². The van der Waals surface area contributed by atoms with Crippen molar-refractivity contribution in [1.82, 2.24) is 4.31 Å². The second kappa shape index (κ2) is 7.18. The van der Waals surface area contributed by atoms with Crippen molar-refractivity contribution in [1.29, 1.82) is 0 Å². The van der Waals surface area contributed by atoms with Crippen LogP contribution in [0.5, 0.6) is 11.5 Å². The summed E-state index contributed by atoms with van der Waals surface area (Å²) in [6.45, 7) is 4.91. The molecule has 0 aliphatic carbocycles. The molecule has 1 amide bonds. The molecule has 0 heterocycles. The van der Waals surface area contributed by atoms with Gasteiger partial charge in [-0.15, -0.1) is 0 Å². The molecule has 130 valence electrons. The summed E-state index contributed by atoms with van der Waals surface area (Å²) in [5.74, 6) is 0.570. The summed E-state index contributed by atoms with van der Waals surface area (Å²) in [6.07, 6.45) is 1.08. The molecule has 0 bridgehead atoms. The molecule has 0 spiro atoms. The van der Waals surface area contributed by atoms with Gasteiger partial charge >= 0.3 is 0 Å². The maximum absolute atomic E-state index is 12.2. The van der Waals surface area contributed by atoms with Gasteiger partial charge in [0.25, 0.3) is 0 Å². The molecule has 23 heavy (non-hydrogen) atoms. The Balaban J connectivity index is 2.96. The molecule has 0 aliphatic rings. The van der Waals surface area contributed by atoms with Crippen LogP contribution in [0.1, 0.15) is 20.8 Å². The highest BCUT2D eigenvalue weighted by molar-refractivity contribution is 7.88. The number of nitrogens with one attached hydrogen (secondary N) is 1. The molecule has 0 atom stereocenters. The molecule has 0 saturated carbocycles. The minimum atomic E-state index is -3.52. The first-order valence-corrected chi connectivity index (χ1v) is 8.83. The Bertz CT molecular complexity index is 665. The van der Waals surface area contributed by atoms with E-state index < -0.39 is 21.5 Å². The van der Waals surface area contributed by atoms with Gasteiger partial charge in [0.2, 0.25) is 15.9 Å². The van der Waals surface area contributed by atoms with Crippen molar-refractivity contribution in [3.05, 3.63) is 18.2 Å². The van der Waals surface area contributed by atoms with E-state index in [9.17, 15) is 13.2 Å². The highest BCUT2D eigenvalue weighted by Gasteiger charge is 2.31. The van der Waals surface area contributed by atoms with Gasteiger partial charge in [0.05, 0.1) is 32.7 Å². The highest BCUT2D eigenvalue weighted by Crippen LogP contribution is 2.29. The lowest BCUT2D eigenvalue weighted by atomic mass is 10.1. The fourth-order valence-corrected chi connectivity index (χ4v) is 3.42. The predicted octanol–water partition coefficient (Wildman–Crippen LogP) is 1.70. The summed E-state index contributed by atoms with van der Waals surface area (Å²) in [4.78, 5) is 12.2. The summed E-state index contributed by atoms with van der Waals surface area (Å²) < 4.78 is 35.2. The van der Waals surface area contributed by atoms with Gasteiger partial charge < -0.3 is 14.8 Å². The monoisotopic (exact) mass is 344 g/mol. The van der Waals surface area contributed by atoms with Gasteiger partial charge in [-0.1, -0.05) is 0 Å². The van der Waals surface area contributed by atoms with Gasteiger partial charge in [0.15, 0.2) is 0 Å². The number of rotatable bonds is 6. The number of hydrogen-bond donors (Lipinski definition) is 1. The van der Waals surface area contributed by atoms with Gasteiger partial charge in [0, 0.05) is 11.6 Å². The Hall–Kier alpha value is -1.80. The van der Waals surface area contributed by atoms with Crippen LogP contribution >= 0.6 is 0 Å². The topological polar surface area (TPSA) is 84.9 Å². The van der Waals surface area contributed by atoms with Crippen LogP contribution in [-0.2, 0) is 14.8 Å². The Labute approximate surface area is 137 Å². The van der Waals surface area contributed by atoms with Crippen LogP contribution in [0.25, 0.3) is 0 Å². The van der Waals surface area contributed by atoms with E-state index in [4.69, 9.17) is 9.47 Å². The highest BCUT2D eigenvalue weighted by atomic mass is 32.2. The number of hydrogen-bond acceptors (Lipinski definition) is 5. The number of carbonyl (C=O) groups is 1. The van der Waals surface area contributed by atoms with E-state index >= 15 is 0 Å². The minimum Gasteiger partial charge on any atom is -0.497 e. The van der Waals surface area contributed by atoms with E-state index in [-0.39, 0.29) is 6.54 Å². The Kier molecular flexibility index (Phi) is 6.01. The lowest BCUT2D eigenvalue weighted by Gasteiger charge is -2.32. The Morgan fingerprint density at radius 1 is 1.22 bits per heavy atom. The summed E-state index contributed by atoms with van der Waals surface area (Å²) in [7, 11) is -0.512. The number of ether oxygens (including phenoxy) is 2. The van der Waals surface area contributed by atoms with Crippen LogP contribution in [0.2, 0.25) is 0 Å². The van der Waals surface area contributed by atoms with Crippen molar-refractivity contribution in [3.8, 4) is 11.5 Å². The second-order valence-corrected chi connectivity index (χ2v) is 7.96. The minimum absolute atomic E-state index is 0.280. The van der Waals surface area contributed by atoms with E-state index in [0.717, 1.165) is 10.6 Å². The smallest absolute Gasteiger partial charge is 0.239 e. The molecule has 0 aromatic heterocycles. The Morgan fingerprint density at radius 3 is 2.26 bits per heavy atom. The average molecular weight is 344 g/mol. The quantitative estimate of drug-likeness (QED) is 0.849. The van der Waals surface area contributed by atoms with E-state index in [0.29, 0.717) is 17.2 Å². The van der Waals surface area contributed by atoms with E-state index in [1.807, 2.05) is 0 Å². The standard InChI is InChI=1S/C15H24N2O5S/c1-15(2,3)17(23(6,19)20)10-14(18)16-12-8-7-11(21-4)9-13(12)22-5/h7-9H,10H2,1-6H3,(H,16,18). The molecule has 1 aromatic carbocycles. The third-order valence-corrected chi connectivity index (χ3v) is 4.60. The zero-order valence-corrected chi connectivity index (χ0v) is 15.2. The lowest BCUT2D eigenvalue weighted by Crippen LogP contribution is -2.48. The molecular weight excluding hydrogens is 320 g/mol. The maximum Gasteiger partial charge on any atom is 0.239 e. The lowest BCUT2D eigenvalue weighted by molar-refractivity contribution is -0.117. The molecule has 0 fully saturated rings. The molecule has 0 unspecified atom stereocenters. The first-order valence-electron chi connectivity index (χ1n) is 6.98. The number of amides is 1. The van der Waals surface area contributed by atoms with Crippen molar-refractivity contribution >= 4 is 21.6 Å². The molecule has 0 radical (unpaired) electrons. The van der Waals surface area contributed by atoms with Gasteiger partial charge in [0.1, 0.15) is 11.5 Å². The zero-order chi connectivity index (χ0) is 17.8. The molecule has 0 aliphatic heterocycles. The third kappa shape index (κ3) is 5.40. The average Bonchev–Trinajstić information content (AvgIpc) is 2.42. The fraction of sp³-hybridized carbons (Fsp3) is 0.533. The van der Waals surface area contributed by atoms with E-state index in [1.165, 1.54) is 14.2 Å². The van der Waals surface area contributed by atoms with Crippen molar-refractivity contribution in [2.75, 3.05) is 32.3 Å². The SMILES string of the molecule is COc1ccc(NC(=O)CN(C(C)(C)C)S(C)(=O)=O)c(OC)c1.